The van der Waals surface area contributed by atoms with Gasteiger partial charge in [-0.2, -0.15) is 0 Å². The third kappa shape index (κ3) is 5.44. The Hall–Kier alpha value is -1.59. The summed E-state index contributed by atoms with van der Waals surface area (Å²) < 4.78 is 6.11. The molecule has 2 fully saturated rings. The Labute approximate surface area is 150 Å². The Balaban J connectivity index is 1.48. The highest BCUT2D eigenvalue weighted by molar-refractivity contribution is 5.74. The van der Waals surface area contributed by atoms with Crippen LogP contribution >= 0.6 is 0 Å². The van der Waals surface area contributed by atoms with Crippen molar-refractivity contribution < 1.29 is 14.6 Å². The Morgan fingerprint density at radius 2 is 1.96 bits per heavy atom. The minimum atomic E-state index is -0.396. The first-order chi connectivity index (χ1) is 12.1. The first kappa shape index (κ1) is 18.2. The Morgan fingerprint density at radius 3 is 2.68 bits per heavy atom. The molecule has 2 amide bonds. The SMILES string of the molecule is CN(CC(O)C1CC1)C(=O)NC1CCCCC1OCc1ccccc1. The summed E-state index contributed by atoms with van der Waals surface area (Å²) >= 11 is 0. The van der Waals surface area contributed by atoms with Crippen molar-refractivity contribution in [2.24, 2.45) is 5.92 Å². The van der Waals surface area contributed by atoms with Crippen molar-refractivity contribution in [2.75, 3.05) is 13.6 Å². The standard InChI is InChI=1S/C20H30N2O3/c1-22(13-18(23)16-11-12-16)20(24)21-17-9-5-6-10-19(17)25-14-15-7-3-2-4-8-15/h2-4,7-8,16-19,23H,5-6,9-14H2,1H3,(H,21,24). The number of benzene rings is 1. The number of nitrogens with zero attached hydrogens (tertiary/aromatic N) is 1. The van der Waals surface area contributed by atoms with Gasteiger partial charge in [0.1, 0.15) is 0 Å². The number of amides is 2. The van der Waals surface area contributed by atoms with Crippen LogP contribution in [-0.4, -0.2) is 47.9 Å². The minimum Gasteiger partial charge on any atom is -0.391 e. The first-order valence-corrected chi connectivity index (χ1v) is 9.48. The minimum absolute atomic E-state index is 0.0467. The van der Waals surface area contributed by atoms with Crippen LogP contribution in [0.2, 0.25) is 0 Å². The largest absolute Gasteiger partial charge is 0.391 e. The summed E-state index contributed by atoms with van der Waals surface area (Å²) in [5.41, 5.74) is 1.16. The monoisotopic (exact) mass is 346 g/mol. The molecule has 0 spiro atoms. The van der Waals surface area contributed by atoms with E-state index in [1.807, 2.05) is 18.2 Å². The summed E-state index contributed by atoms with van der Waals surface area (Å²) in [5.74, 6) is 0.381. The van der Waals surface area contributed by atoms with Crippen molar-refractivity contribution in [2.45, 2.75) is 63.4 Å². The van der Waals surface area contributed by atoms with E-state index in [1.54, 1.807) is 11.9 Å². The maximum Gasteiger partial charge on any atom is 0.317 e. The van der Waals surface area contributed by atoms with E-state index in [0.717, 1.165) is 44.1 Å². The lowest BCUT2D eigenvalue weighted by molar-refractivity contribution is -0.00399. The molecule has 5 heteroatoms. The van der Waals surface area contributed by atoms with Crippen molar-refractivity contribution in [3.05, 3.63) is 35.9 Å². The van der Waals surface area contributed by atoms with Crippen molar-refractivity contribution in [3.63, 3.8) is 0 Å². The molecule has 2 N–H and O–H groups in total. The molecule has 3 rings (SSSR count). The second-order valence-corrected chi connectivity index (χ2v) is 7.46. The molecule has 0 heterocycles. The van der Waals surface area contributed by atoms with Crippen LogP contribution in [0.4, 0.5) is 4.79 Å². The molecule has 0 saturated heterocycles. The van der Waals surface area contributed by atoms with E-state index >= 15 is 0 Å². The van der Waals surface area contributed by atoms with Crippen LogP contribution in [0, 0.1) is 5.92 Å². The predicted molar refractivity (Wildman–Crippen MR) is 97.2 cm³/mol. The average molecular weight is 346 g/mol. The number of carbonyl (C=O) groups is 1. The molecule has 1 aromatic carbocycles. The van der Waals surface area contributed by atoms with Crippen LogP contribution in [0.5, 0.6) is 0 Å². The summed E-state index contributed by atoms with van der Waals surface area (Å²) in [6, 6.07) is 10.1. The fourth-order valence-corrected chi connectivity index (χ4v) is 3.50. The summed E-state index contributed by atoms with van der Waals surface area (Å²) in [7, 11) is 1.75. The van der Waals surface area contributed by atoms with Crippen LogP contribution in [0.3, 0.4) is 0 Å². The zero-order valence-electron chi connectivity index (χ0n) is 15.1. The second kappa shape index (κ2) is 8.68. The van der Waals surface area contributed by atoms with Crippen molar-refractivity contribution >= 4 is 6.03 Å². The number of ether oxygens (including phenoxy) is 1. The molecule has 1 aromatic rings. The highest BCUT2D eigenvalue weighted by atomic mass is 16.5. The number of hydrogen-bond donors (Lipinski definition) is 2. The zero-order valence-corrected chi connectivity index (χ0v) is 15.1. The third-order valence-electron chi connectivity index (χ3n) is 5.29. The van der Waals surface area contributed by atoms with Gasteiger partial charge in [0.25, 0.3) is 0 Å². The molecule has 3 atom stereocenters. The van der Waals surface area contributed by atoms with Gasteiger partial charge in [-0.1, -0.05) is 43.2 Å². The van der Waals surface area contributed by atoms with Gasteiger partial charge in [-0.15, -0.1) is 0 Å². The van der Waals surface area contributed by atoms with Gasteiger partial charge in [-0.05, 0) is 37.2 Å². The smallest absolute Gasteiger partial charge is 0.317 e. The van der Waals surface area contributed by atoms with Crippen LogP contribution < -0.4 is 5.32 Å². The lowest BCUT2D eigenvalue weighted by Crippen LogP contribution is -2.51. The molecule has 0 aliphatic heterocycles. The zero-order chi connectivity index (χ0) is 17.6. The molecule has 2 saturated carbocycles. The molecule has 0 radical (unpaired) electrons. The van der Waals surface area contributed by atoms with Gasteiger partial charge in [0, 0.05) is 13.6 Å². The van der Waals surface area contributed by atoms with E-state index in [0.29, 0.717) is 19.1 Å². The van der Waals surface area contributed by atoms with E-state index in [2.05, 4.69) is 17.4 Å². The predicted octanol–water partition coefficient (Wildman–Crippen LogP) is 2.93. The third-order valence-corrected chi connectivity index (χ3v) is 5.29. The van der Waals surface area contributed by atoms with Gasteiger partial charge in [-0.25, -0.2) is 4.79 Å². The average Bonchev–Trinajstić information content (AvgIpc) is 3.47. The molecule has 0 bridgehead atoms. The van der Waals surface area contributed by atoms with Gasteiger partial charge < -0.3 is 20.1 Å². The Kier molecular flexibility index (Phi) is 6.32. The van der Waals surface area contributed by atoms with Crippen LogP contribution in [-0.2, 0) is 11.3 Å². The Morgan fingerprint density at radius 1 is 1.24 bits per heavy atom. The highest BCUT2D eigenvalue weighted by Crippen LogP contribution is 2.32. The molecular weight excluding hydrogens is 316 g/mol. The number of aliphatic hydroxyl groups is 1. The van der Waals surface area contributed by atoms with E-state index in [1.165, 1.54) is 0 Å². The number of urea groups is 1. The molecule has 25 heavy (non-hydrogen) atoms. The molecule has 0 aromatic heterocycles. The number of hydrogen-bond acceptors (Lipinski definition) is 3. The molecule has 5 nitrogen and oxygen atoms in total. The van der Waals surface area contributed by atoms with Crippen molar-refractivity contribution in [1.82, 2.24) is 10.2 Å². The normalized spacial score (nSPS) is 24.6. The number of nitrogens with one attached hydrogen (secondary N) is 1. The van der Waals surface area contributed by atoms with E-state index in [-0.39, 0.29) is 18.2 Å². The van der Waals surface area contributed by atoms with Gasteiger partial charge >= 0.3 is 6.03 Å². The van der Waals surface area contributed by atoms with Crippen LogP contribution in [0.25, 0.3) is 0 Å². The summed E-state index contributed by atoms with van der Waals surface area (Å²) in [4.78, 5) is 14.1. The van der Waals surface area contributed by atoms with E-state index in [4.69, 9.17) is 4.74 Å². The summed E-state index contributed by atoms with van der Waals surface area (Å²) in [6.07, 6.45) is 6.00. The molecular formula is C20H30N2O3. The lowest BCUT2D eigenvalue weighted by Gasteiger charge is -2.33. The summed E-state index contributed by atoms with van der Waals surface area (Å²) in [6.45, 7) is 0.979. The molecule has 138 valence electrons. The van der Waals surface area contributed by atoms with Crippen LogP contribution in [0.15, 0.2) is 30.3 Å². The second-order valence-electron chi connectivity index (χ2n) is 7.46. The van der Waals surface area contributed by atoms with Crippen molar-refractivity contribution in [3.8, 4) is 0 Å². The Bertz CT molecular complexity index is 547. The fraction of sp³-hybridized carbons (Fsp3) is 0.650. The van der Waals surface area contributed by atoms with Gasteiger partial charge in [0.05, 0.1) is 24.9 Å². The van der Waals surface area contributed by atoms with Gasteiger partial charge in [-0.3, -0.25) is 0 Å². The maximum atomic E-state index is 12.5. The van der Waals surface area contributed by atoms with E-state index in [9.17, 15) is 9.90 Å². The fourth-order valence-electron chi connectivity index (χ4n) is 3.50. The topological polar surface area (TPSA) is 61.8 Å². The molecule has 3 unspecified atom stereocenters. The maximum absolute atomic E-state index is 12.5. The lowest BCUT2D eigenvalue weighted by atomic mass is 9.92. The highest BCUT2D eigenvalue weighted by Gasteiger charge is 2.32. The first-order valence-electron chi connectivity index (χ1n) is 9.48. The van der Waals surface area contributed by atoms with E-state index < -0.39 is 6.10 Å². The van der Waals surface area contributed by atoms with Crippen LogP contribution in [0.1, 0.15) is 44.1 Å². The quantitative estimate of drug-likeness (QED) is 0.798. The number of likely N-dealkylation sites (N-methyl/N-ethyl adjacent to an activating group) is 1. The number of rotatable bonds is 7. The number of aliphatic hydroxyl groups excluding tert-OH is 1. The van der Waals surface area contributed by atoms with Gasteiger partial charge in [0.15, 0.2) is 0 Å². The summed E-state index contributed by atoms with van der Waals surface area (Å²) in [5, 5.41) is 13.2. The molecule has 2 aliphatic carbocycles. The number of carbonyl (C=O) groups excluding carboxylic acids is 1. The van der Waals surface area contributed by atoms with Crippen molar-refractivity contribution in [1.29, 1.82) is 0 Å². The van der Waals surface area contributed by atoms with Gasteiger partial charge in [0.2, 0.25) is 0 Å². The molecule has 2 aliphatic rings.